The molecule has 1 aliphatic rings. The number of amides is 1. The van der Waals surface area contributed by atoms with Crippen LogP contribution in [0.2, 0.25) is 5.02 Å². The van der Waals surface area contributed by atoms with E-state index >= 15 is 0 Å². The molecule has 1 atom stereocenters. The Balaban J connectivity index is 1.64. The third kappa shape index (κ3) is 5.63. The topological polar surface area (TPSA) is 66.5 Å². The van der Waals surface area contributed by atoms with Crippen LogP contribution >= 0.6 is 11.6 Å². The van der Waals surface area contributed by atoms with E-state index in [-0.39, 0.29) is 43.8 Å². The van der Waals surface area contributed by atoms with E-state index in [0.717, 1.165) is 28.1 Å². The lowest BCUT2D eigenvalue weighted by Crippen LogP contribution is -2.43. The molecule has 2 aromatic carbocycles. The Morgan fingerprint density at radius 2 is 1.81 bits per heavy atom. The quantitative estimate of drug-likeness (QED) is 0.620. The van der Waals surface area contributed by atoms with Crippen molar-refractivity contribution in [1.29, 1.82) is 0 Å². The Morgan fingerprint density at radius 3 is 2.41 bits per heavy atom. The van der Waals surface area contributed by atoms with E-state index in [2.05, 4.69) is 5.32 Å². The summed E-state index contributed by atoms with van der Waals surface area (Å²) in [6.45, 7) is 2.06. The van der Waals surface area contributed by atoms with Crippen molar-refractivity contribution in [3.05, 3.63) is 64.7 Å². The minimum atomic E-state index is -4.63. The first kappa shape index (κ1) is 24.5. The van der Waals surface area contributed by atoms with Crippen molar-refractivity contribution in [3.63, 3.8) is 0 Å². The smallest absolute Gasteiger partial charge is 0.349 e. The van der Waals surface area contributed by atoms with E-state index in [1.165, 1.54) is 0 Å². The number of hydrogen-bond acceptors (Lipinski definition) is 3. The van der Waals surface area contributed by atoms with E-state index in [1.807, 2.05) is 19.1 Å². The summed E-state index contributed by atoms with van der Waals surface area (Å²) in [6, 6.07) is 10.7. The van der Waals surface area contributed by atoms with Crippen molar-refractivity contribution in [2.45, 2.75) is 43.3 Å². The second kappa shape index (κ2) is 9.80. The fourth-order valence-corrected chi connectivity index (χ4v) is 5.49. The van der Waals surface area contributed by atoms with E-state index in [4.69, 9.17) is 11.6 Å². The molecule has 1 saturated heterocycles. The molecule has 1 unspecified atom stereocenters. The number of nitrogens with zero attached hydrogens (tertiary/aromatic N) is 1. The molecule has 1 N–H and O–H groups in total. The highest BCUT2D eigenvalue weighted by Crippen LogP contribution is 2.32. The predicted molar refractivity (Wildman–Crippen MR) is 116 cm³/mol. The van der Waals surface area contributed by atoms with Crippen LogP contribution in [0.15, 0.2) is 53.4 Å². The van der Waals surface area contributed by atoms with Crippen molar-refractivity contribution in [2.75, 3.05) is 13.1 Å². The highest BCUT2D eigenvalue weighted by molar-refractivity contribution is 7.89. The van der Waals surface area contributed by atoms with Gasteiger partial charge in [0.25, 0.3) is 0 Å². The van der Waals surface area contributed by atoms with Crippen molar-refractivity contribution in [1.82, 2.24) is 9.62 Å². The number of piperidine rings is 1. The van der Waals surface area contributed by atoms with Crippen LogP contribution in [0.4, 0.5) is 13.2 Å². The van der Waals surface area contributed by atoms with Gasteiger partial charge in [0.1, 0.15) is 0 Å². The van der Waals surface area contributed by atoms with Crippen LogP contribution in [0.5, 0.6) is 0 Å². The Morgan fingerprint density at radius 1 is 1.16 bits per heavy atom. The molecule has 10 heteroatoms. The maximum atomic E-state index is 13.0. The number of hydrogen-bond donors (Lipinski definition) is 1. The molecule has 174 valence electrons. The molecule has 1 heterocycles. The summed E-state index contributed by atoms with van der Waals surface area (Å²) in [6.07, 6.45) is -3.39. The Bertz CT molecular complexity index is 1070. The van der Waals surface area contributed by atoms with Gasteiger partial charge >= 0.3 is 6.18 Å². The van der Waals surface area contributed by atoms with Gasteiger partial charge in [-0.1, -0.05) is 36.7 Å². The fourth-order valence-electron chi connectivity index (χ4n) is 3.77. The molecule has 0 bridgehead atoms. The molecule has 0 aliphatic carbocycles. The molecule has 5 nitrogen and oxygen atoms in total. The second-order valence-electron chi connectivity index (χ2n) is 7.73. The van der Waals surface area contributed by atoms with E-state index < -0.39 is 26.7 Å². The average molecular weight is 489 g/mol. The number of halogens is 4. The first-order valence-corrected chi connectivity index (χ1v) is 12.1. The maximum absolute atomic E-state index is 13.0. The highest BCUT2D eigenvalue weighted by atomic mass is 35.5. The van der Waals surface area contributed by atoms with Gasteiger partial charge in [-0.25, -0.2) is 8.42 Å². The summed E-state index contributed by atoms with van der Waals surface area (Å²) < 4.78 is 65.7. The highest BCUT2D eigenvalue weighted by Gasteiger charge is 2.35. The van der Waals surface area contributed by atoms with Crippen molar-refractivity contribution >= 4 is 27.5 Å². The van der Waals surface area contributed by atoms with E-state index in [1.54, 1.807) is 12.1 Å². The maximum Gasteiger partial charge on any atom is 0.416 e. The molecule has 1 fully saturated rings. The first-order valence-electron chi connectivity index (χ1n) is 10.3. The average Bonchev–Trinajstić information content (AvgIpc) is 2.77. The lowest BCUT2D eigenvalue weighted by atomic mass is 9.96. The third-order valence-corrected chi connectivity index (χ3v) is 7.73. The number of carbonyl (C=O) groups excluding carboxylic acids is 1. The number of carbonyl (C=O) groups is 1. The minimum Gasteiger partial charge on any atom is -0.349 e. The molecular weight excluding hydrogens is 465 g/mol. The number of alkyl halides is 3. The lowest BCUT2D eigenvalue weighted by molar-refractivity contribution is -0.137. The van der Waals surface area contributed by atoms with Gasteiger partial charge in [-0.05, 0) is 55.2 Å². The van der Waals surface area contributed by atoms with Crippen LogP contribution in [0.1, 0.15) is 43.4 Å². The SMILES string of the molecule is CCC(NC(=O)C1CCN(S(=O)(=O)c2cccc(C(F)(F)F)c2)CC1)c1cccc(Cl)c1. The van der Waals surface area contributed by atoms with Gasteiger partial charge in [0, 0.05) is 24.0 Å². The molecule has 0 radical (unpaired) electrons. The Kier molecular flexibility index (Phi) is 7.52. The van der Waals surface area contributed by atoms with Crippen molar-refractivity contribution in [3.8, 4) is 0 Å². The van der Waals surface area contributed by atoms with Crippen LogP contribution in [0, 0.1) is 5.92 Å². The number of nitrogens with one attached hydrogen (secondary N) is 1. The normalized spacial score (nSPS) is 17.2. The summed E-state index contributed by atoms with van der Waals surface area (Å²) in [5.41, 5.74) is -0.127. The fraction of sp³-hybridized carbons (Fsp3) is 0.409. The van der Waals surface area contributed by atoms with E-state index in [9.17, 15) is 26.4 Å². The molecule has 1 amide bonds. The zero-order chi connectivity index (χ0) is 23.5. The zero-order valence-corrected chi connectivity index (χ0v) is 19.0. The molecular formula is C22H24ClF3N2O3S. The minimum absolute atomic E-state index is 0.0601. The standard InChI is InChI=1S/C22H24ClF3N2O3S/c1-2-20(16-5-3-7-18(23)13-16)27-21(29)15-9-11-28(12-10-15)32(30,31)19-8-4-6-17(14-19)22(24,25)26/h3-8,13-15,20H,2,9-12H2,1H3,(H,27,29). The summed E-state index contributed by atoms with van der Waals surface area (Å²) >= 11 is 6.04. The summed E-state index contributed by atoms with van der Waals surface area (Å²) in [5, 5.41) is 3.57. The van der Waals surface area contributed by atoms with Gasteiger partial charge < -0.3 is 5.32 Å². The second-order valence-corrected chi connectivity index (χ2v) is 10.1. The van der Waals surface area contributed by atoms with Crippen molar-refractivity contribution in [2.24, 2.45) is 5.92 Å². The molecule has 0 spiro atoms. The summed E-state index contributed by atoms with van der Waals surface area (Å²) in [4.78, 5) is 12.4. The molecule has 1 aliphatic heterocycles. The molecule has 32 heavy (non-hydrogen) atoms. The Labute approximate surface area is 190 Å². The number of benzene rings is 2. The van der Waals surface area contributed by atoms with E-state index in [0.29, 0.717) is 17.5 Å². The third-order valence-electron chi connectivity index (χ3n) is 5.60. The van der Waals surface area contributed by atoms with Gasteiger partial charge in [-0.3, -0.25) is 4.79 Å². The van der Waals surface area contributed by atoms with Gasteiger partial charge in [0.15, 0.2) is 0 Å². The van der Waals surface area contributed by atoms with Crippen LogP contribution in [-0.4, -0.2) is 31.7 Å². The molecule has 0 aromatic heterocycles. The monoisotopic (exact) mass is 488 g/mol. The van der Waals surface area contributed by atoms with Gasteiger partial charge in [-0.15, -0.1) is 0 Å². The predicted octanol–water partition coefficient (Wildman–Crippen LogP) is 5.03. The van der Waals surface area contributed by atoms with Crippen molar-refractivity contribution < 1.29 is 26.4 Å². The van der Waals surface area contributed by atoms with Gasteiger partial charge in [0.05, 0.1) is 16.5 Å². The number of sulfonamides is 1. The van der Waals surface area contributed by atoms with Gasteiger partial charge in [0.2, 0.25) is 15.9 Å². The summed E-state index contributed by atoms with van der Waals surface area (Å²) in [5.74, 6) is -0.552. The Hall–Kier alpha value is -2.10. The first-order chi connectivity index (χ1) is 15.0. The largest absolute Gasteiger partial charge is 0.416 e. The molecule has 0 saturated carbocycles. The molecule has 3 rings (SSSR count). The van der Waals surface area contributed by atoms with Crippen LogP contribution < -0.4 is 5.32 Å². The number of rotatable bonds is 6. The van der Waals surface area contributed by atoms with Gasteiger partial charge in [-0.2, -0.15) is 17.5 Å². The van der Waals surface area contributed by atoms with Crippen LogP contribution in [0.25, 0.3) is 0 Å². The zero-order valence-electron chi connectivity index (χ0n) is 17.4. The van der Waals surface area contributed by atoms with Crippen LogP contribution in [0.3, 0.4) is 0 Å². The van der Waals surface area contributed by atoms with Crippen LogP contribution in [-0.2, 0) is 21.0 Å². The molecule has 2 aromatic rings. The lowest BCUT2D eigenvalue weighted by Gasteiger charge is -2.31. The summed E-state index contributed by atoms with van der Waals surface area (Å²) in [7, 11) is -4.08.